The predicted molar refractivity (Wildman–Crippen MR) is 94.2 cm³/mol. The first kappa shape index (κ1) is 17.4. The van der Waals surface area contributed by atoms with Gasteiger partial charge in [-0.1, -0.05) is 12.1 Å². The molecule has 0 aromatic heterocycles. The summed E-state index contributed by atoms with van der Waals surface area (Å²) in [6.07, 6.45) is 7.59. The SMILES string of the molecule is O=C(NO)c1ccc(CCCN2CCC(CNC3CC3)CC2)cc1. The second-order valence-electron chi connectivity index (χ2n) is 7.21. The van der Waals surface area contributed by atoms with Gasteiger partial charge in [0.05, 0.1) is 0 Å². The lowest BCUT2D eigenvalue weighted by Crippen LogP contribution is -2.38. The molecule has 1 saturated heterocycles. The Morgan fingerprint density at radius 2 is 1.83 bits per heavy atom. The molecule has 0 spiro atoms. The third kappa shape index (κ3) is 5.30. The summed E-state index contributed by atoms with van der Waals surface area (Å²) in [6, 6.07) is 8.30. The summed E-state index contributed by atoms with van der Waals surface area (Å²) in [5.74, 6) is 0.410. The minimum Gasteiger partial charge on any atom is -0.314 e. The molecule has 2 aliphatic rings. The number of rotatable bonds is 8. The molecule has 1 aromatic rings. The number of piperidine rings is 1. The number of hydrogen-bond acceptors (Lipinski definition) is 4. The number of hydroxylamine groups is 1. The minimum atomic E-state index is -0.458. The lowest BCUT2D eigenvalue weighted by Gasteiger charge is -2.32. The Morgan fingerprint density at radius 1 is 1.12 bits per heavy atom. The maximum Gasteiger partial charge on any atom is 0.274 e. The molecule has 1 aliphatic carbocycles. The first-order valence-electron chi connectivity index (χ1n) is 9.23. The van der Waals surface area contributed by atoms with Crippen molar-refractivity contribution in [1.82, 2.24) is 15.7 Å². The molecule has 0 bridgehead atoms. The normalized spacial score (nSPS) is 19.4. The minimum absolute atomic E-state index is 0.458. The molecule has 2 fully saturated rings. The van der Waals surface area contributed by atoms with Crippen LogP contribution < -0.4 is 10.8 Å². The average Bonchev–Trinajstić information content (AvgIpc) is 3.45. The smallest absolute Gasteiger partial charge is 0.274 e. The molecule has 1 aromatic carbocycles. The van der Waals surface area contributed by atoms with Gasteiger partial charge in [-0.2, -0.15) is 0 Å². The third-order valence-corrected chi connectivity index (χ3v) is 5.24. The fourth-order valence-electron chi connectivity index (χ4n) is 3.43. The van der Waals surface area contributed by atoms with Crippen LogP contribution in [0.15, 0.2) is 24.3 Å². The first-order chi connectivity index (χ1) is 11.7. The number of hydrogen-bond donors (Lipinski definition) is 3. The molecule has 0 unspecified atom stereocenters. The molecule has 5 heteroatoms. The summed E-state index contributed by atoms with van der Waals surface area (Å²) in [6.45, 7) is 4.83. The van der Waals surface area contributed by atoms with Crippen LogP contribution in [-0.2, 0) is 6.42 Å². The maximum absolute atomic E-state index is 11.3. The van der Waals surface area contributed by atoms with Crippen molar-refractivity contribution in [2.45, 2.75) is 44.6 Å². The second-order valence-corrected chi connectivity index (χ2v) is 7.21. The molecule has 3 rings (SSSR count). The van der Waals surface area contributed by atoms with Crippen molar-refractivity contribution in [2.24, 2.45) is 5.92 Å². The summed E-state index contributed by atoms with van der Waals surface area (Å²) >= 11 is 0. The zero-order chi connectivity index (χ0) is 16.8. The molecule has 1 heterocycles. The number of nitrogens with one attached hydrogen (secondary N) is 2. The number of carbonyl (C=O) groups excluding carboxylic acids is 1. The number of benzene rings is 1. The fraction of sp³-hybridized carbons (Fsp3) is 0.632. The quantitative estimate of drug-likeness (QED) is 0.505. The Bertz CT molecular complexity index is 520. The van der Waals surface area contributed by atoms with Crippen LogP contribution in [0.1, 0.15) is 48.0 Å². The molecule has 1 amide bonds. The molecule has 132 valence electrons. The number of amides is 1. The van der Waals surface area contributed by atoms with E-state index in [0.717, 1.165) is 31.3 Å². The molecule has 0 atom stereocenters. The Labute approximate surface area is 144 Å². The van der Waals surface area contributed by atoms with Crippen LogP contribution in [0.3, 0.4) is 0 Å². The van der Waals surface area contributed by atoms with E-state index >= 15 is 0 Å². The summed E-state index contributed by atoms with van der Waals surface area (Å²) in [5, 5.41) is 12.3. The van der Waals surface area contributed by atoms with Gasteiger partial charge in [0.1, 0.15) is 0 Å². The largest absolute Gasteiger partial charge is 0.314 e. The number of aryl methyl sites for hydroxylation is 1. The zero-order valence-electron chi connectivity index (χ0n) is 14.3. The average molecular weight is 331 g/mol. The van der Waals surface area contributed by atoms with Gasteiger partial charge in [0, 0.05) is 11.6 Å². The molecule has 24 heavy (non-hydrogen) atoms. The van der Waals surface area contributed by atoms with Gasteiger partial charge in [0.25, 0.3) is 5.91 Å². The van der Waals surface area contributed by atoms with Crippen molar-refractivity contribution in [3.05, 3.63) is 35.4 Å². The monoisotopic (exact) mass is 331 g/mol. The van der Waals surface area contributed by atoms with E-state index in [1.165, 1.54) is 50.9 Å². The van der Waals surface area contributed by atoms with Crippen molar-refractivity contribution in [3.63, 3.8) is 0 Å². The Kier molecular flexibility index (Phi) is 6.24. The highest BCUT2D eigenvalue weighted by atomic mass is 16.5. The summed E-state index contributed by atoms with van der Waals surface area (Å²) in [4.78, 5) is 13.9. The van der Waals surface area contributed by atoms with Crippen molar-refractivity contribution in [3.8, 4) is 0 Å². The molecular weight excluding hydrogens is 302 g/mol. The van der Waals surface area contributed by atoms with Gasteiger partial charge in [-0.05, 0) is 88.3 Å². The maximum atomic E-state index is 11.3. The highest BCUT2D eigenvalue weighted by molar-refractivity contribution is 5.93. The molecule has 0 radical (unpaired) electrons. The van der Waals surface area contributed by atoms with E-state index in [1.807, 2.05) is 12.1 Å². The van der Waals surface area contributed by atoms with Crippen molar-refractivity contribution in [1.29, 1.82) is 0 Å². The van der Waals surface area contributed by atoms with Crippen LogP contribution in [0.2, 0.25) is 0 Å². The Balaban J connectivity index is 1.31. The van der Waals surface area contributed by atoms with E-state index in [4.69, 9.17) is 5.21 Å². The van der Waals surface area contributed by atoms with Crippen LogP contribution >= 0.6 is 0 Å². The van der Waals surface area contributed by atoms with Gasteiger partial charge in [-0.15, -0.1) is 0 Å². The number of carbonyl (C=O) groups is 1. The molecule has 1 saturated carbocycles. The van der Waals surface area contributed by atoms with Crippen molar-refractivity contribution in [2.75, 3.05) is 26.2 Å². The lowest BCUT2D eigenvalue weighted by atomic mass is 9.96. The zero-order valence-corrected chi connectivity index (χ0v) is 14.3. The van der Waals surface area contributed by atoms with E-state index in [2.05, 4.69) is 10.2 Å². The van der Waals surface area contributed by atoms with Gasteiger partial charge in [0.2, 0.25) is 0 Å². The lowest BCUT2D eigenvalue weighted by molar-refractivity contribution is 0.0706. The highest BCUT2D eigenvalue weighted by Crippen LogP contribution is 2.22. The van der Waals surface area contributed by atoms with Gasteiger partial charge in [-0.25, -0.2) is 5.48 Å². The molecular formula is C19H29N3O2. The van der Waals surface area contributed by atoms with E-state index in [1.54, 1.807) is 17.6 Å². The first-order valence-corrected chi connectivity index (χ1v) is 9.23. The van der Waals surface area contributed by atoms with Crippen LogP contribution in [0.25, 0.3) is 0 Å². The molecule has 3 N–H and O–H groups in total. The topological polar surface area (TPSA) is 64.6 Å². The molecule has 5 nitrogen and oxygen atoms in total. The van der Waals surface area contributed by atoms with Crippen molar-refractivity contribution < 1.29 is 10.0 Å². The van der Waals surface area contributed by atoms with Gasteiger partial charge in [-0.3, -0.25) is 10.0 Å². The number of nitrogens with zero attached hydrogens (tertiary/aromatic N) is 1. The standard InChI is InChI=1S/C19H29N3O2/c23-19(21-24)17-5-3-15(4-6-17)2-1-11-22-12-9-16(10-13-22)14-20-18-7-8-18/h3-6,16,18,20,24H,1-2,7-14H2,(H,21,23). The van der Waals surface area contributed by atoms with Crippen LogP contribution in [-0.4, -0.2) is 48.2 Å². The van der Waals surface area contributed by atoms with Crippen LogP contribution in [0.5, 0.6) is 0 Å². The second kappa shape index (κ2) is 8.60. The fourth-order valence-corrected chi connectivity index (χ4v) is 3.43. The van der Waals surface area contributed by atoms with Gasteiger partial charge in [0.15, 0.2) is 0 Å². The predicted octanol–water partition coefficient (Wildman–Crippen LogP) is 2.20. The Morgan fingerprint density at radius 3 is 2.46 bits per heavy atom. The van der Waals surface area contributed by atoms with E-state index in [-0.39, 0.29) is 0 Å². The van der Waals surface area contributed by atoms with Gasteiger partial charge < -0.3 is 10.2 Å². The third-order valence-electron chi connectivity index (χ3n) is 5.24. The van der Waals surface area contributed by atoms with E-state index < -0.39 is 5.91 Å². The number of likely N-dealkylation sites (tertiary alicyclic amines) is 1. The summed E-state index contributed by atoms with van der Waals surface area (Å²) in [5.41, 5.74) is 3.39. The van der Waals surface area contributed by atoms with E-state index in [0.29, 0.717) is 5.56 Å². The molecule has 1 aliphatic heterocycles. The van der Waals surface area contributed by atoms with E-state index in [9.17, 15) is 4.79 Å². The summed E-state index contributed by atoms with van der Waals surface area (Å²) in [7, 11) is 0. The van der Waals surface area contributed by atoms with Crippen LogP contribution in [0.4, 0.5) is 0 Å². The van der Waals surface area contributed by atoms with Crippen LogP contribution in [0, 0.1) is 5.92 Å². The van der Waals surface area contributed by atoms with Crippen molar-refractivity contribution >= 4 is 5.91 Å². The van der Waals surface area contributed by atoms with Gasteiger partial charge >= 0.3 is 0 Å². The Hall–Kier alpha value is -1.43. The summed E-state index contributed by atoms with van der Waals surface area (Å²) < 4.78 is 0. The highest BCUT2D eigenvalue weighted by Gasteiger charge is 2.24.